The number of amides is 2. The van der Waals surface area contributed by atoms with Gasteiger partial charge in [0, 0.05) is 19.5 Å². The third-order valence-corrected chi connectivity index (χ3v) is 3.89. The van der Waals surface area contributed by atoms with E-state index in [1.165, 1.54) is 44.9 Å². The Morgan fingerprint density at radius 1 is 0.708 bits per heavy atom. The maximum atomic E-state index is 11.7. The van der Waals surface area contributed by atoms with Gasteiger partial charge in [-0.1, -0.05) is 58.3 Å². The number of rotatable bonds is 15. The van der Waals surface area contributed by atoms with Crippen molar-refractivity contribution in [3.8, 4) is 0 Å². The zero-order valence-corrected chi connectivity index (χ0v) is 16.5. The van der Waals surface area contributed by atoms with E-state index in [4.69, 9.17) is 0 Å². The van der Waals surface area contributed by atoms with Crippen LogP contribution in [0.25, 0.3) is 0 Å². The molecule has 0 aromatic heterocycles. The zero-order valence-electron chi connectivity index (χ0n) is 16.5. The fourth-order valence-corrected chi connectivity index (χ4v) is 2.58. The first-order valence-corrected chi connectivity index (χ1v) is 9.69. The van der Waals surface area contributed by atoms with Crippen molar-refractivity contribution in [2.45, 2.75) is 71.1 Å². The molecule has 142 valence electrons. The van der Waals surface area contributed by atoms with E-state index >= 15 is 0 Å². The molecule has 0 heterocycles. The van der Waals surface area contributed by atoms with Gasteiger partial charge in [-0.25, -0.2) is 0 Å². The molecule has 0 aliphatic carbocycles. The van der Waals surface area contributed by atoms with E-state index in [9.17, 15) is 9.59 Å². The normalized spacial score (nSPS) is 11.3. The monoisotopic (exact) mass is 342 g/mol. The minimum Gasteiger partial charge on any atom is -0.354 e. The molecule has 0 aliphatic heterocycles. The van der Waals surface area contributed by atoms with Gasteiger partial charge in [0.25, 0.3) is 5.91 Å². The van der Waals surface area contributed by atoms with Crippen LogP contribution in [0.1, 0.15) is 71.1 Å². The number of carbonyl (C=O) groups is 2. The standard InChI is InChI=1S/C19H39N3O2/c1-5-6-7-8-9-10-11-12-13-14-18(23)20-15-16-21-19(24)17-22(2,3)4/h5-17H2,1-4H3,(H-,20,21,23,24)/p+1. The molecule has 0 atom stereocenters. The highest BCUT2D eigenvalue weighted by molar-refractivity contribution is 5.77. The van der Waals surface area contributed by atoms with E-state index in [0.717, 1.165) is 12.8 Å². The number of carbonyl (C=O) groups excluding carboxylic acids is 2. The fourth-order valence-electron chi connectivity index (χ4n) is 2.58. The van der Waals surface area contributed by atoms with Gasteiger partial charge in [-0.2, -0.15) is 0 Å². The topological polar surface area (TPSA) is 58.2 Å². The Hall–Kier alpha value is -1.10. The summed E-state index contributed by atoms with van der Waals surface area (Å²) in [5, 5.41) is 5.70. The van der Waals surface area contributed by atoms with Gasteiger partial charge in [-0.15, -0.1) is 0 Å². The van der Waals surface area contributed by atoms with Crippen molar-refractivity contribution in [1.29, 1.82) is 0 Å². The van der Waals surface area contributed by atoms with E-state index in [2.05, 4.69) is 17.6 Å². The van der Waals surface area contributed by atoms with Crippen molar-refractivity contribution in [3.05, 3.63) is 0 Å². The molecule has 5 nitrogen and oxygen atoms in total. The predicted molar refractivity (Wildman–Crippen MR) is 101 cm³/mol. The van der Waals surface area contributed by atoms with Crippen LogP contribution in [0.3, 0.4) is 0 Å². The second-order valence-corrected chi connectivity index (χ2v) is 7.73. The average Bonchev–Trinajstić information content (AvgIpc) is 2.48. The molecule has 0 saturated heterocycles. The van der Waals surface area contributed by atoms with Crippen molar-refractivity contribution < 1.29 is 14.1 Å². The molecular formula is C19H40N3O2+. The van der Waals surface area contributed by atoms with Crippen LogP contribution in [0.15, 0.2) is 0 Å². The lowest BCUT2D eigenvalue weighted by molar-refractivity contribution is -0.862. The number of nitrogens with one attached hydrogen (secondary N) is 2. The Kier molecular flexibility index (Phi) is 13.6. The lowest BCUT2D eigenvalue weighted by Crippen LogP contribution is -2.45. The molecule has 0 rings (SSSR count). The first-order valence-electron chi connectivity index (χ1n) is 9.69. The summed E-state index contributed by atoms with van der Waals surface area (Å²) in [5.74, 6) is 0.120. The van der Waals surface area contributed by atoms with Gasteiger partial charge in [0.05, 0.1) is 21.1 Å². The largest absolute Gasteiger partial charge is 0.354 e. The minimum absolute atomic E-state index is 0.0238. The lowest BCUT2D eigenvalue weighted by Gasteiger charge is -2.22. The van der Waals surface area contributed by atoms with Crippen LogP contribution in [0.4, 0.5) is 0 Å². The number of quaternary nitrogens is 1. The Bertz CT molecular complexity index is 338. The molecule has 0 spiro atoms. The van der Waals surface area contributed by atoms with Crippen LogP contribution >= 0.6 is 0 Å². The fraction of sp³-hybridized carbons (Fsp3) is 0.895. The Labute approximate surface area is 149 Å². The highest BCUT2D eigenvalue weighted by Crippen LogP contribution is 2.10. The molecule has 0 saturated carbocycles. The first-order chi connectivity index (χ1) is 11.3. The van der Waals surface area contributed by atoms with Gasteiger partial charge in [-0.05, 0) is 6.42 Å². The average molecular weight is 343 g/mol. The van der Waals surface area contributed by atoms with Crippen LogP contribution in [-0.2, 0) is 9.59 Å². The molecule has 0 aliphatic rings. The summed E-state index contributed by atoms with van der Waals surface area (Å²) >= 11 is 0. The first kappa shape index (κ1) is 22.9. The Balaban J connectivity index is 3.37. The molecule has 0 unspecified atom stereocenters. The van der Waals surface area contributed by atoms with Crippen LogP contribution in [-0.4, -0.2) is 57.1 Å². The van der Waals surface area contributed by atoms with Gasteiger partial charge >= 0.3 is 0 Å². The summed E-state index contributed by atoms with van der Waals surface area (Å²) in [6, 6.07) is 0. The minimum atomic E-state index is 0.0238. The van der Waals surface area contributed by atoms with Crippen molar-refractivity contribution in [2.75, 3.05) is 40.8 Å². The molecular weight excluding hydrogens is 302 g/mol. The van der Waals surface area contributed by atoms with E-state index < -0.39 is 0 Å². The smallest absolute Gasteiger partial charge is 0.275 e. The number of hydrogen-bond acceptors (Lipinski definition) is 2. The van der Waals surface area contributed by atoms with Crippen LogP contribution in [0.2, 0.25) is 0 Å². The van der Waals surface area contributed by atoms with Crippen molar-refractivity contribution in [1.82, 2.24) is 10.6 Å². The van der Waals surface area contributed by atoms with Crippen LogP contribution in [0, 0.1) is 0 Å². The number of likely N-dealkylation sites (N-methyl/N-ethyl adjacent to an activating group) is 1. The molecule has 0 fully saturated rings. The molecule has 5 heteroatoms. The molecule has 24 heavy (non-hydrogen) atoms. The highest BCUT2D eigenvalue weighted by atomic mass is 16.2. The SMILES string of the molecule is CCCCCCCCCCCC(=O)NCCNC(=O)C[N+](C)(C)C. The zero-order chi connectivity index (χ0) is 18.3. The highest BCUT2D eigenvalue weighted by Gasteiger charge is 2.13. The van der Waals surface area contributed by atoms with Gasteiger partial charge < -0.3 is 15.1 Å². The molecule has 0 aromatic rings. The van der Waals surface area contributed by atoms with Gasteiger partial charge in [0.2, 0.25) is 5.91 Å². The quantitative estimate of drug-likeness (QED) is 0.355. The Morgan fingerprint density at radius 3 is 1.67 bits per heavy atom. The van der Waals surface area contributed by atoms with E-state index in [1.807, 2.05) is 21.1 Å². The third kappa shape index (κ3) is 17.3. The summed E-state index contributed by atoms with van der Waals surface area (Å²) in [5.41, 5.74) is 0. The summed E-state index contributed by atoms with van der Waals surface area (Å²) in [6.45, 7) is 3.71. The van der Waals surface area contributed by atoms with Crippen LogP contribution < -0.4 is 10.6 Å². The molecule has 0 bridgehead atoms. The van der Waals surface area contributed by atoms with E-state index in [1.54, 1.807) is 0 Å². The third-order valence-electron chi connectivity index (χ3n) is 3.89. The number of nitrogens with zero attached hydrogens (tertiary/aromatic N) is 1. The molecule has 2 N–H and O–H groups in total. The summed E-state index contributed by atoms with van der Waals surface area (Å²) < 4.78 is 0.608. The summed E-state index contributed by atoms with van der Waals surface area (Å²) in [7, 11) is 5.94. The maximum Gasteiger partial charge on any atom is 0.275 e. The van der Waals surface area contributed by atoms with Crippen molar-refractivity contribution in [3.63, 3.8) is 0 Å². The predicted octanol–water partition coefficient (Wildman–Crippen LogP) is 2.85. The molecule has 0 radical (unpaired) electrons. The van der Waals surface area contributed by atoms with Gasteiger partial charge in [-0.3, -0.25) is 9.59 Å². The molecule has 2 amide bonds. The second-order valence-electron chi connectivity index (χ2n) is 7.73. The lowest BCUT2D eigenvalue weighted by atomic mass is 10.1. The number of unbranched alkanes of at least 4 members (excludes halogenated alkanes) is 8. The second kappa shape index (κ2) is 14.3. The van der Waals surface area contributed by atoms with Crippen molar-refractivity contribution in [2.24, 2.45) is 0 Å². The summed E-state index contributed by atoms with van der Waals surface area (Å²) in [6.07, 6.45) is 11.9. The van der Waals surface area contributed by atoms with Gasteiger partial charge in [0.1, 0.15) is 0 Å². The van der Waals surface area contributed by atoms with Gasteiger partial charge in [0.15, 0.2) is 6.54 Å². The van der Waals surface area contributed by atoms with E-state index in [0.29, 0.717) is 30.5 Å². The van der Waals surface area contributed by atoms with Crippen LogP contribution in [0.5, 0.6) is 0 Å². The maximum absolute atomic E-state index is 11.7. The summed E-state index contributed by atoms with van der Waals surface area (Å²) in [4.78, 5) is 23.3. The van der Waals surface area contributed by atoms with Crippen molar-refractivity contribution >= 4 is 11.8 Å². The molecule has 0 aromatic carbocycles. The number of hydrogen-bond donors (Lipinski definition) is 2. The van der Waals surface area contributed by atoms with E-state index in [-0.39, 0.29) is 11.8 Å². The Morgan fingerprint density at radius 2 is 1.17 bits per heavy atom.